The van der Waals surface area contributed by atoms with Gasteiger partial charge in [-0.05, 0) is 24.3 Å². The molecule has 1 amide bonds. The Morgan fingerprint density at radius 2 is 2.04 bits per heavy atom. The van der Waals surface area contributed by atoms with Crippen molar-refractivity contribution in [2.45, 2.75) is 13.1 Å². The number of amides is 1. The van der Waals surface area contributed by atoms with Crippen LogP contribution in [0.4, 0.5) is 5.95 Å². The van der Waals surface area contributed by atoms with E-state index >= 15 is 0 Å². The number of fused-ring (bicyclic) bond motifs is 1. The van der Waals surface area contributed by atoms with Crippen molar-refractivity contribution >= 4 is 23.0 Å². The van der Waals surface area contributed by atoms with E-state index in [9.17, 15) is 4.79 Å². The van der Waals surface area contributed by atoms with Crippen LogP contribution in [0.5, 0.6) is 0 Å². The van der Waals surface area contributed by atoms with E-state index in [0.29, 0.717) is 34.9 Å². The average Bonchev–Trinajstić information content (AvgIpc) is 3.35. The molecule has 25 heavy (non-hydrogen) atoms. The number of carbonyl (C=O) groups excluding carboxylic acids is 1. The molecule has 4 heterocycles. The summed E-state index contributed by atoms with van der Waals surface area (Å²) in [5.74, 6) is 1.09. The van der Waals surface area contributed by atoms with Crippen molar-refractivity contribution < 1.29 is 13.6 Å². The number of carbonyl (C=O) groups is 1. The lowest BCUT2D eigenvalue weighted by molar-refractivity contribution is -0.121. The van der Waals surface area contributed by atoms with Crippen LogP contribution in [-0.2, 0) is 17.9 Å². The molecule has 3 N–H and O–H groups in total. The smallest absolute Gasteiger partial charge is 0.240 e. The molecule has 9 nitrogen and oxygen atoms in total. The van der Waals surface area contributed by atoms with Crippen LogP contribution >= 0.6 is 0 Å². The molecule has 0 aliphatic carbocycles. The molecule has 0 saturated carbocycles. The fourth-order valence-corrected chi connectivity index (χ4v) is 2.47. The summed E-state index contributed by atoms with van der Waals surface area (Å²) in [7, 11) is 0. The van der Waals surface area contributed by atoms with Gasteiger partial charge in [0, 0.05) is 0 Å². The molecule has 126 valence electrons. The number of imidazole rings is 1. The number of nitrogens with zero attached hydrogens (tertiary/aromatic N) is 4. The van der Waals surface area contributed by atoms with Gasteiger partial charge in [0.1, 0.15) is 23.5 Å². The largest absolute Gasteiger partial charge is 0.467 e. The van der Waals surface area contributed by atoms with Gasteiger partial charge in [-0.3, -0.25) is 4.79 Å². The lowest BCUT2D eigenvalue weighted by Gasteiger charge is -2.06. The standard InChI is InChI=1S/C16H14N6O3/c17-16-20-13(11-4-2-6-25-11)14-15(21-16)22(9-19-14)8-12(23)18-7-10-3-1-5-24-10/h1-6,9H,7-8H2,(H,18,23)(H2,17,20,21). The highest BCUT2D eigenvalue weighted by molar-refractivity contribution is 5.87. The van der Waals surface area contributed by atoms with E-state index in [1.807, 2.05) is 0 Å². The fraction of sp³-hybridized carbons (Fsp3) is 0.125. The van der Waals surface area contributed by atoms with Crippen molar-refractivity contribution in [2.24, 2.45) is 0 Å². The summed E-state index contributed by atoms with van der Waals surface area (Å²) in [4.78, 5) is 24.8. The summed E-state index contributed by atoms with van der Waals surface area (Å²) in [6, 6.07) is 7.06. The minimum Gasteiger partial charge on any atom is -0.467 e. The number of nitrogens with one attached hydrogen (secondary N) is 1. The third-order valence-electron chi connectivity index (χ3n) is 3.59. The molecule has 0 aliphatic rings. The maximum atomic E-state index is 12.2. The molecular formula is C16H14N6O3. The Morgan fingerprint density at radius 3 is 2.80 bits per heavy atom. The van der Waals surface area contributed by atoms with Gasteiger partial charge in [0.25, 0.3) is 0 Å². The first-order valence-electron chi connectivity index (χ1n) is 7.52. The van der Waals surface area contributed by atoms with E-state index in [-0.39, 0.29) is 18.4 Å². The Labute approximate surface area is 141 Å². The predicted molar refractivity (Wildman–Crippen MR) is 88.0 cm³/mol. The van der Waals surface area contributed by atoms with Gasteiger partial charge in [-0.15, -0.1) is 0 Å². The number of nitrogen functional groups attached to an aromatic ring is 1. The summed E-state index contributed by atoms with van der Waals surface area (Å²) < 4.78 is 12.2. The van der Waals surface area contributed by atoms with Crippen molar-refractivity contribution in [2.75, 3.05) is 5.73 Å². The topological polar surface area (TPSA) is 125 Å². The van der Waals surface area contributed by atoms with Crippen molar-refractivity contribution in [3.63, 3.8) is 0 Å². The minimum absolute atomic E-state index is 0.0469. The molecule has 0 spiro atoms. The third kappa shape index (κ3) is 2.94. The van der Waals surface area contributed by atoms with Crippen molar-refractivity contribution in [3.05, 3.63) is 48.9 Å². The van der Waals surface area contributed by atoms with Gasteiger partial charge >= 0.3 is 0 Å². The van der Waals surface area contributed by atoms with E-state index in [0.717, 1.165) is 0 Å². The first-order valence-corrected chi connectivity index (χ1v) is 7.52. The zero-order valence-electron chi connectivity index (χ0n) is 13.0. The number of aromatic nitrogens is 4. The molecule has 0 aliphatic heterocycles. The summed E-state index contributed by atoms with van der Waals surface area (Å²) in [6.45, 7) is 0.360. The number of furan rings is 2. The van der Waals surface area contributed by atoms with Crippen molar-refractivity contribution in [1.82, 2.24) is 24.8 Å². The molecule has 9 heteroatoms. The number of rotatable bonds is 5. The monoisotopic (exact) mass is 338 g/mol. The maximum Gasteiger partial charge on any atom is 0.240 e. The number of nitrogens with two attached hydrogens (primary N) is 1. The molecule has 0 saturated heterocycles. The first kappa shape index (κ1) is 14.9. The molecular weight excluding hydrogens is 324 g/mol. The van der Waals surface area contributed by atoms with Crippen LogP contribution < -0.4 is 11.1 Å². The number of hydrogen-bond donors (Lipinski definition) is 2. The Hall–Kier alpha value is -3.62. The van der Waals surface area contributed by atoms with Gasteiger partial charge < -0.3 is 24.5 Å². The van der Waals surface area contributed by atoms with Crippen LogP contribution in [0.1, 0.15) is 5.76 Å². The molecule has 4 aromatic rings. The van der Waals surface area contributed by atoms with Gasteiger partial charge in [-0.1, -0.05) is 0 Å². The molecule has 0 radical (unpaired) electrons. The normalized spacial score (nSPS) is 11.0. The molecule has 0 aromatic carbocycles. The summed E-state index contributed by atoms with van der Waals surface area (Å²) in [5, 5.41) is 2.77. The van der Waals surface area contributed by atoms with Crippen LogP contribution in [0, 0.1) is 0 Å². The second-order valence-corrected chi connectivity index (χ2v) is 5.31. The van der Waals surface area contributed by atoms with Gasteiger partial charge in [0.2, 0.25) is 11.9 Å². The maximum absolute atomic E-state index is 12.2. The van der Waals surface area contributed by atoms with Gasteiger partial charge in [-0.25, -0.2) is 9.97 Å². The van der Waals surface area contributed by atoms with Crippen LogP contribution in [0.2, 0.25) is 0 Å². The molecule has 4 rings (SSSR count). The molecule has 0 bridgehead atoms. The third-order valence-corrected chi connectivity index (χ3v) is 3.59. The van der Waals surface area contributed by atoms with Gasteiger partial charge in [0.05, 0.1) is 25.4 Å². The van der Waals surface area contributed by atoms with Crippen LogP contribution in [-0.4, -0.2) is 25.4 Å². The first-order chi connectivity index (χ1) is 12.2. The Kier molecular flexibility index (Phi) is 3.65. The van der Waals surface area contributed by atoms with Crippen LogP contribution in [0.3, 0.4) is 0 Å². The summed E-state index contributed by atoms with van der Waals surface area (Å²) in [5.41, 5.74) is 7.26. The van der Waals surface area contributed by atoms with E-state index in [4.69, 9.17) is 14.6 Å². The number of hydrogen-bond acceptors (Lipinski definition) is 7. The van der Waals surface area contributed by atoms with Gasteiger partial charge in [0.15, 0.2) is 11.4 Å². The van der Waals surface area contributed by atoms with Crippen molar-refractivity contribution in [1.29, 1.82) is 0 Å². The van der Waals surface area contributed by atoms with E-state index < -0.39 is 0 Å². The van der Waals surface area contributed by atoms with Gasteiger partial charge in [-0.2, -0.15) is 4.98 Å². The van der Waals surface area contributed by atoms with Crippen LogP contribution in [0.25, 0.3) is 22.6 Å². The molecule has 0 unspecified atom stereocenters. The Bertz CT molecular complexity index is 1000. The molecule has 4 aromatic heterocycles. The summed E-state index contributed by atoms with van der Waals surface area (Å²) in [6.07, 6.45) is 4.62. The fourth-order valence-electron chi connectivity index (χ4n) is 2.47. The van der Waals surface area contributed by atoms with E-state index in [2.05, 4.69) is 20.3 Å². The van der Waals surface area contributed by atoms with Crippen molar-refractivity contribution in [3.8, 4) is 11.5 Å². The Balaban J connectivity index is 1.59. The lowest BCUT2D eigenvalue weighted by atomic mass is 10.3. The zero-order chi connectivity index (χ0) is 17.2. The Morgan fingerprint density at radius 1 is 1.20 bits per heavy atom. The van der Waals surface area contributed by atoms with E-state index in [1.54, 1.807) is 41.4 Å². The molecule has 0 fully saturated rings. The highest BCUT2D eigenvalue weighted by Gasteiger charge is 2.17. The zero-order valence-corrected chi connectivity index (χ0v) is 13.0. The quantitative estimate of drug-likeness (QED) is 0.566. The second-order valence-electron chi connectivity index (χ2n) is 5.31. The SMILES string of the molecule is Nc1nc(-c2ccco2)c2ncn(CC(=O)NCc3ccco3)c2n1. The summed E-state index contributed by atoms with van der Waals surface area (Å²) >= 11 is 0. The predicted octanol–water partition coefficient (Wildman–Crippen LogP) is 1.58. The average molecular weight is 338 g/mol. The molecule has 0 atom stereocenters. The highest BCUT2D eigenvalue weighted by Crippen LogP contribution is 2.25. The van der Waals surface area contributed by atoms with Crippen LogP contribution in [0.15, 0.2) is 52.0 Å². The number of anilines is 1. The minimum atomic E-state index is -0.201. The van der Waals surface area contributed by atoms with E-state index in [1.165, 1.54) is 6.33 Å². The lowest BCUT2D eigenvalue weighted by Crippen LogP contribution is -2.26. The second kappa shape index (κ2) is 6.11. The highest BCUT2D eigenvalue weighted by atomic mass is 16.3.